The van der Waals surface area contributed by atoms with E-state index in [9.17, 15) is 4.79 Å². The summed E-state index contributed by atoms with van der Waals surface area (Å²) < 4.78 is 10.7. The van der Waals surface area contributed by atoms with Gasteiger partial charge in [0, 0.05) is 23.7 Å². The van der Waals surface area contributed by atoms with Crippen LogP contribution in [0.15, 0.2) is 12.1 Å². The van der Waals surface area contributed by atoms with Gasteiger partial charge >= 0.3 is 6.03 Å². The van der Waals surface area contributed by atoms with Crippen LogP contribution in [0, 0.1) is 6.92 Å². The lowest BCUT2D eigenvalue weighted by atomic mass is 9.96. The third-order valence-corrected chi connectivity index (χ3v) is 4.24. The number of hydrogen-bond donors (Lipinski definition) is 2. The van der Waals surface area contributed by atoms with Crippen LogP contribution in [0.3, 0.4) is 0 Å². The average Bonchev–Trinajstić information content (AvgIpc) is 2.54. The number of rotatable bonds is 5. The maximum absolute atomic E-state index is 12.0. The van der Waals surface area contributed by atoms with Crippen molar-refractivity contribution in [3.8, 4) is 11.5 Å². The normalized spacial score (nSPS) is 15.2. The Morgan fingerprint density at radius 3 is 2.55 bits per heavy atom. The summed E-state index contributed by atoms with van der Waals surface area (Å²) in [6.07, 6.45) is 5.85. The standard InChI is InChI=1S/C17H26N2O3/c1-12-15(21-2)10-9-13(16(12)22-3)11-18-17(20)19-14-7-5-4-6-8-14/h9-10,14H,4-8,11H2,1-3H3,(H2,18,19,20). The Labute approximate surface area is 132 Å². The number of methoxy groups -OCH3 is 2. The van der Waals surface area contributed by atoms with E-state index in [1.807, 2.05) is 19.1 Å². The summed E-state index contributed by atoms with van der Waals surface area (Å²) in [5, 5.41) is 5.96. The van der Waals surface area contributed by atoms with Gasteiger partial charge in [0.1, 0.15) is 11.5 Å². The van der Waals surface area contributed by atoms with Gasteiger partial charge in [-0.15, -0.1) is 0 Å². The number of benzene rings is 1. The first kappa shape index (κ1) is 16.5. The Balaban J connectivity index is 1.93. The van der Waals surface area contributed by atoms with Crippen molar-refractivity contribution < 1.29 is 14.3 Å². The van der Waals surface area contributed by atoms with Crippen LogP contribution in [0.1, 0.15) is 43.2 Å². The highest BCUT2D eigenvalue weighted by molar-refractivity contribution is 5.74. The van der Waals surface area contributed by atoms with Crippen LogP contribution in [0.25, 0.3) is 0 Å². The van der Waals surface area contributed by atoms with Gasteiger partial charge in [0.05, 0.1) is 14.2 Å². The van der Waals surface area contributed by atoms with E-state index in [4.69, 9.17) is 9.47 Å². The zero-order chi connectivity index (χ0) is 15.9. The second-order valence-corrected chi connectivity index (χ2v) is 5.75. The van der Waals surface area contributed by atoms with Crippen LogP contribution in [0.5, 0.6) is 11.5 Å². The highest BCUT2D eigenvalue weighted by atomic mass is 16.5. The first-order valence-electron chi connectivity index (χ1n) is 7.90. The van der Waals surface area contributed by atoms with Crippen molar-refractivity contribution in [1.82, 2.24) is 10.6 Å². The maximum Gasteiger partial charge on any atom is 0.315 e. The molecule has 0 saturated heterocycles. The topological polar surface area (TPSA) is 59.6 Å². The Morgan fingerprint density at radius 2 is 1.91 bits per heavy atom. The van der Waals surface area contributed by atoms with E-state index in [0.717, 1.165) is 35.5 Å². The maximum atomic E-state index is 12.0. The van der Waals surface area contributed by atoms with Crippen molar-refractivity contribution in [2.24, 2.45) is 0 Å². The molecular weight excluding hydrogens is 280 g/mol. The predicted molar refractivity (Wildman–Crippen MR) is 86.5 cm³/mol. The molecular formula is C17H26N2O3. The molecule has 1 saturated carbocycles. The molecule has 22 heavy (non-hydrogen) atoms. The number of carbonyl (C=O) groups is 1. The molecule has 0 spiro atoms. The first-order valence-corrected chi connectivity index (χ1v) is 7.90. The molecule has 1 aliphatic carbocycles. The third-order valence-electron chi connectivity index (χ3n) is 4.24. The molecule has 122 valence electrons. The van der Waals surface area contributed by atoms with Crippen molar-refractivity contribution in [2.75, 3.05) is 14.2 Å². The largest absolute Gasteiger partial charge is 0.496 e. The van der Waals surface area contributed by atoms with Gasteiger partial charge in [0.25, 0.3) is 0 Å². The van der Waals surface area contributed by atoms with E-state index in [-0.39, 0.29) is 6.03 Å². The van der Waals surface area contributed by atoms with E-state index in [1.165, 1.54) is 19.3 Å². The number of amides is 2. The number of carbonyl (C=O) groups excluding carboxylic acids is 1. The Kier molecular flexibility index (Phi) is 5.92. The number of urea groups is 1. The van der Waals surface area contributed by atoms with Crippen LogP contribution in [0.2, 0.25) is 0 Å². The fourth-order valence-electron chi connectivity index (χ4n) is 3.03. The number of hydrogen-bond acceptors (Lipinski definition) is 3. The Bertz CT molecular complexity index is 511. The molecule has 2 amide bonds. The molecule has 5 heteroatoms. The summed E-state index contributed by atoms with van der Waals surface area (Å²) in [7, 11) is 3.27. The molecule has 0 bridgehead atoms. The van der Waals surface area contributed by atoms with E-state index >= 15 is 0 Å². The molecule has 0 aromatic heterocycles. The SMILES string of the molecule is COc1ccc(CNC(=O)NC2CCCCC2)c(OC)c1C. The van der Waals surface area contributed by atoms with Gasteiger partial charge in [-0.1, -0.05) is 19.3 Å². The summed E-state index contributed by atoms with van der Waals surface area (Å²) >= 11 is 0. The van der Waals surface area contributed by atoms with Gasteiger partial charge < -0.3 is 20.1 Å². The quantitative estimate of drug-likeness (QED) is 0.878. The van der Waals surface area contributed by atoms with Gasteiger partial charge in [0.2, 0.25) is 0 Å². The van der Waals surface area contributed by atoms with Crippen LogP contribution in [-0.2, 0) is 6.54 Å². The second-order valence-electron chi connectivity index (χ2n) is 5.75. The fraction of sp³-hybridized carbons (Fsp3) is 0.588. The van der Waals surface area contributed by atoms with E-state index in [2.05, 4.69) is 10.6 Å². The van der Waals surface area contributed by atoms with Crippen LogP contribution >= 0.6 is 0 Å². The summed E-state index contributed by atoms with van der Waals surface area (Å²) in [5.74, 6) is 1.55. The molecule has 0 atom stereocenters. The predicted octanol–water partition coefficient (Wildman–Crippen LogP) is 3.14. The van der Waals surface area contributed by atoms with Gasteiger partial charge in [0.15, 0.2) is 0 Å². The van der Waals surface area contributed by atoms with Crippen molar-refractivity contribution in [1.29, 1.82) is 0 Å². The van der Waals surface area contributed by atoms with E-state index < -0.39 is 0 Å². The van der Waals surface area contributed by atoms with Crippen molar-refractivity contribution in [2.45, 2.75) is 51.6 Å². The Hall–Kier alpha value is -1.91. The summed E-state index contributed by atoms with van der Waals surface area (Å²) in [5.41, 5.74) is 1.89. The van der Waals surface area contributed by atoms with Crippen LogP contribution in [-0.4, -0.2) is 26.3 Å². The molecule has 2 rings (SSSR count). The molecule has 0 unspecified atom stereocenters. The van der Waals surface area contributed by atoms with Crippen molar-refractivity contribution >= 4 is 6.03 Å². The fourth-order valence-corrected chi connectivity index (χ4v) is 3.03. The number of ether oxygens (including phenoxy) is 2. The third kappa shape index (κ3) is 4.06. The smallest absolute Gasteiger partial charge is 0.315 e. The minimum Gasteiger partial charge on any atom is -0.496 e. The lowest BCUT2D eigenvalue weighted by molar-refractivity contribution is 0.232. The van der Waals surface area contributed by atoms with E-state index in [0.29, 0.717) is 12.6 Å². The van der Waals surface area contributed by atoms with Crippen molar-refractivity contribution in [3.63, 3.8) is 0 Å². The molecule has 0 aliphatic heterocycles. The summed E-state index contributed by atoms with van der Waals surface area (Å²) in [4.78, 5) is 12.0. The zero-order valence-corrected chi connectivity index (χ0v) is 13.7. The van der Waals surface area contributed by atoms with Crippen molar-refractivity contribution in [3.05, 3.63) is 23.3 Å². The molecule has 1 aliphatic rings. The monoisotopic (exact) mass is 306 g/mol. The molecule has 2 N–H and O–H groups in total. The average molecular weight is 306 g/mol. The van der Waals surface area contributed by atoms with E-state index in [1.54, 1.807) is 14.2 Å². The lowest BCUT2D eigenvalue weighted by Crippen LogP contribution is -2.42. The van der Waals surface area contributed by atoms with Gasteiger partial charge in [-0.2, -0.15) is 0 Å². The van der Waals surface area contributed by atoms with Crippen LogP contribution < -0.4 is 20.1 Å². The lowest BCUT2D eigenvalue weighted by Gasteiger charge is -2.23. The van der Waals surface area contributed by atoms with Gasteiger partial charge in [-0.05, 0) is 31.9 Å². The summed E-state index contributed by atoms with van der Waals surface area (Å²) in [6, 6.07) is 4.02. The minimum absolute atomic E-state index is 0.109. The Morgan fingerprint density at radius 1 is 1.18 bits per heavy atom. The molecule has 1 aromatic carbocycles. The second kappa shape index (κ2) is 7.92. The minimum atomic E-state index is -0.109. The van der Waals surface area contributed by atoms with Crippen LogP contribution in [0.4, 0.5) is 4.79 Å². The molecule has 5 nitrogen and oxygen atoms in total. The molecule has 0 heterocycles. The summed E-state index contributed by atoms with van der Waals surface area (Å²) in [6.45, 7) is 2.38. The molecule has 1 aromatic rings. The number of nitrogens with one attached hydrogen (secondary N) is 2. The zero-order valence-electron chi connectivity index (χ0n) is 13.7. The van der Waals surface area contributed by atoms with Gasteiger partial charge in [-0.25, -0.2) is 4.79 Å². The molecule has 0 radical (unpaired) electrons. The highest BCUT2D eigenvalue weighted by Crippen LogP contribution is 2.31. The van der Waals surface area contributed by atoms with Gasteiger partial charge in [-0.3, -0.25) is 0 Å². The highest BCUT2D eigenvalue weighted by Gasteiger charge is 2.16. The first-order chi connectivity index (χ1) is 10.7. The molecule has 1 fully saturated rings.